The fourth-order valence-corrected chi connectivity index (χ4v) is 5.42. The number of thiazole rings is 1. The first-order chi connectivity index (χ1) is 13.3. The zero-order chi connectivity index (χ0) is 20.3. The third-order valence-electron chi connectivity index (χ3n) is 4.07. The molecule has 0 aliphatic carbocycles. The van der Waals surface area contributed by atoms with Gasteiger partial charge in [-0.3, -0.25) is 4.79 Å². The van der Waals surface area contributed by atoms with E-state index in [1.165, 1.54) is 35.6 Å². The number of sulfone groups is 1. The zero-order valence-electron chi connectivity index (χ0n) is 15.1. The van der Waals surface area contributed by atoms with E-state index in [0.717, 1.165) is 16.6 Å². The van der Waals surface area contributed by atoms with Crippen LogP contribution in [0.2, 0.25) is 10.0 Å². The number of benzene rings is 2. The zero-order valence-corrected chi connectivity index (χ0v) is 18.2. The quantitative estimate of drug-likeness (QED) is 0.538. The van der Waals surface area contributed by atoms with Gasteiger partial charge in [0.05, 0.1) is 20.9 Å². The molecule has 0 fully saturated rings. The van der Waals surface area contributed by atoms with Gasteiger partial charge in [-0.15, -0.1) is 0 Å². The van der Waals surface area contributed by atoms with Crippen LogP contribution in [-0.2, 0) is 21.2 Å². The lowest BCUT2D eigenvalue weighted by atomic mass is 10.3. The molecule has 0 aliphatic heterocycles. The minimum Gasteiger partial charge on any atom is -0.316 e. The topological polar surface area (TPSA) is 68.5 Å². The Hall–Kier alpha value is -1.67. The molecule has 0 saturated carbocycles. The van der Waals surface area contributed by atoms with Crippen LogP contribution in [0.5, 0.6) is 0 Å². The van der Waals surface area contributed by atoms with Crippen molar-refractivity contribution in [2.45, 2.75) is 31.2 Å². The van der Waals surface area contributed by atoms with Crippen LogP contribution in [-0.4, -0.2) is 24.6 Å². The Morgan fingerprint density at radius 2 is 1.79 bits per heavy atom. The average molecular weight is 457 g/mol. The highest BCUT2D eigenvalue weighted by Gasteiger charge is 2.16. The third-order valence-corrected chi connectivity index (χ3v) is 7.33. The van der Waals surface area contributed by atoms with Crippen molar-refractivity contribution in [1.29, 1.82) is 0 Å². The maximum Gasteiger partial charge on any atom is 0.249 e. The molecule has 1 amide bonds. The normalized spacial score (nSPS) is 12.6. The first kappa shape index (κ1) is 21.0. The molecule has 0 unspecified atom stereocenters. The molecular formula is C19H18Cl2N2O3S2. The molecule has 0 radical (unpaired) electrons. The summed E-state index contributed by atoms with van der Waals surface area (Å²) in [6.45, 7) is 2.74. The minimum atomic E-state index is -3.58. The fraction of sp³-hybridized carbons (Fsp3) is 0.263. The van der Waals surface area contributed by atoms with Gasteiger partial charge in [-0.1, -0.05) is 41.5 Å². The first-order valence-electron chi connectivity index (χ1n) is 8.65. The molecular weight excluding hydrogens is 439 g/mol. The average Bonchev–Trinajstić information content (AvgIpc) is 2.97. The molecule has 1 heterocycles. The van der Waals surface area contributed by atoms with Crippen LogP contribution >= 0.6 is 34.5 Å². The molecule has 148 valence electrons. The van der Waals surface area contributed by atoms with E-state index in [4.69, 9.17) is 23.2 Å². The lowest BCUT2D eigenvalue weighted by molar-refractivity contribution is -0.117. The van der Waals surface area contributed by atoms with E-state index in [1.807, 2.05) is 23.6 Å². The van der Waals surface area contributed by atoms with Crippen molar-refractivity contribution in [1.82, 2.24) is 4.57 Å². The van der Waals surface area contributed by atoms with Gasteiger partial charge in [-0.25, -0.2) is 8.42 Å². The van der Waals surface area contributed by atoms with Crippen molar-refractivity contribution >= 4 is 60.5 Å². The molecule has 0 N–H and O–H groups in total. The van der Waals surface area contributed by atoms with Crippen LogP contribution in [0.3, 0.4) is 0 Å². The van der Waals surface area contributed by atoms with Gasteiger partial charge in [0.2, 0.25) is 5.91 Å². The largest absolute Gasteiger partial charge is 0.316 e. The summed E-state index contributed by atoms with van der Waals surface area (Å²) in [5, 5.41) is 1.07. The molecule has 2 aromatic carbocycles. The second kappa shape index (κ2) is 8.78. The second-order valence-electron chi connectivity index (χ2n) is 6.18. The monoisotopic (exact) mass is 456 g/mol. The molecule has 28 heavy (non-hydrogen) atoms. The van der Waals surface area contributed by atoms with Crippen LogP contribution in [0.15, 0.2) is 52.4 Å². The summed E-state index contributed by atoms with van der Waals surface area (Å²) in [5.74, 6) is -0.776. The van der Waals surface area contributed by atoms with E-state index in [9.17, 15) is 13.2 Å². The van der Waals surface area contributed by atoms with E-state index < -0.39 is 15.7 Å². The number of rotatable bonds is 6. The lowest BCUT2D eigenvalue weighted by Crippen LogP contribution is -2.18. The van der Waals surface area contributed by atoms with Gasteiger partial charge in [0.1, 0.15) is 0 Å². The molecule has 0 atom stereocenters. The first-order valence-corrected chi connectivity index (χ1v) is 11.9. The third kappa shape index (κ3) is 4.84. The summed E-state index contributed by atoms with van der Waals surface area (Å²) >= 11 is 13.2. The number of hydrogen-bond donors (Lipinski definition) is 0. The van der Waals surface area contributed by atoms with Crippen LogP contribution in [0, 0.1) is 0 Å². The van der Waals surface area contributed by atoms with Gasteiger partial charge >= 0.3 is 0 Å². The van der Waals surface area contributed by atoms with E-state index in [2.05, 4.69) is 4.99 Å². The van der Waals surface area contributed by atoms with Gasteiger partial charge in [-0.05, 0) is 48.9 Å². The fourth-order valence-electron chi connectivity index (χ4n) is 2.72. The number of aryl methyl sites for hydroxylation is 1. The van der Waals surface area contributed by atoms with Crippen molar-refractivity contribution in [2.75, 3.05) is 5.75 Å². The molecule has 5 nitrogen and oxygen atoms in total. The van der Waals surface area contributed by atoms with Crippen LogP contribution in [0.25, 0.3) is 10.2 Å². The summed E-state index contributed by atoms with van der Waals surface area (Å²) in [5.41, 5.74) is 0.955. The summed E-state index contributed by atoms with van der Waals surface area (Å²) in [6.07, 6.45) is 0.687. The van der Waals surface area contributed by atoms with Gasteiger partial charge < -0.3 is 4.57 Å². The SMILES string of the molecule is CCCn1c(=NC(=O)CCS(=O)(=O)c2ccc(Cl)cc2)sc2cc(Cl)ccc21. The lowest BCUT2D eigenvalue weighted by Gasteiger charge is -2.04. The van der Waals surface area contributed by atoms with E-state index >= 15 is 0 Å². The highest BCUT2D eigenvalue weighted by atomic mass is 35.5. The molecule has 0 spiro atoms. The molecule has 1 aromatic heterocycles. The number of nitrogens with zero attached hydrogens (tertiary/aromatic N) is 2. The Balaban J connectivity index is 1.84. The summed E-state index contributed by atoms with van der Waals surface area (Å²) in [6, 6.07) is 11.4. The molecule has 9 heteroatoms. The minimum absolute atomic E-state index is 0.141. The van der Waals surface area contributed by atoms with Crippen molar-refractivity contribution in [3.8, 4) is 0 Å². The van der Waals surface area contributed by atoms with Crippen molar-refractivity contribution < 1.29 is 13.2 Å². The Labute approximate surface area is 177 Å². The number of amides is 1. The molecule has 0 bridgehead atoms. The number of carbonyl (C=O) groups is 1. The maximum absolute atomic E-state index is 12.4. The highest BCUT2D eigenvalue weighted by molar-refractivity contribution is 7.91. The van der Waals surface area contributed by atoms with Gasteiger partial charge in [0.25, 0.3) is 0 Å². The number of hydrogen-bond acceptors (Lipinski definition) is 4. The predicted molar refractivity (Wildman–Crippen MR) is 114 cm³/mol. The van der Waals surface area contributed by atoms with Gasteiger partial charge in [-0.2, -0.15) is 4.99 Å². The van der Waals surface area contributed by atoms with Crippen LogP contribution < -0.4 is 4.80 Å². The van der Waals surface area contributed by atoms with Gasteiger partial charge in [0.15, 0.2) is 14.6 Å². The molecule has 0 aliphatic rings. The Bertz CT molecular complexity index is 1180. The maximum atomic E-state index is 12.4. The predicted octanol–water partition coefficient (Wildman–Crippen LogP) is 4.71. The van der Waals surface area contributed by atoms with Crippen molar-refractivity contribution in [3.05, 3.63) is 57.3 Å². The summed E-state index contributed by atoms with van der Waals surface area (Å²) < 4.78 is 27.7. The van der Waals surface area contributed by atoms with Crippen LogP contribution in [0.4, 0.5) is 0 Å². The summed E-state index contributed by atoms with van der Waals surface area (Å²) in [4.78, 5) is 17.2. The number of carbonyl (C=O) groups excluding carboxylic acids is 1. The van der Waals surface area contributed by atoms with E-state index in [0.29, 0.717) is 21.4 Å². The molecule has 3 aromatic rings. The Kier molecular flexibility index (Phi) is 6.60. The standard InChI is InChI=1S/C19H18Cl2N2O3S2/c1-2-10-23-16-8-5-14(21)12-17(16)27-19(23)22-18(24)9-11-28(25,26)15-6-3-13(20)4-7-15/h3-8,12H,2,9-11H2,1H3. The number of fused-ring (bicyclic) bond motifs is 1. The van der Waals surface area contributed by atoms with E-state index in [1.54, 1.807) is 6.07 Å². The highest BCUT2D eigenvalue weighted by Crippen LogP contribution is 2.22. The number of aromatic nitrogens is 1. The van der Waals surface area contributed by atoms with Crippen molar-refractivity contribution in [2.24, 2.45) is 4.99 Å². The number of halogens is 2. The smallest absolute Gasteiger partial charge is 0.249 e. The van der Waals surface area contributed by atoms with Crippen LogP contribution in [0.1, 0.15) is 19.8 Å². The molecule has 0 saturated heterocycles. The van der Waals surface area contributed by atoms with E-state index in [-0.39, 0.29) is 17.1 Å². The summed E-state index contributed by atoms with van der Waals surface area (Å²) in [7, 11) is -3.58. The Morgan fingerprint density at radius 3 is 2.46 bits per heavy atom. The second-order valence-corrected chi connectivity index (χ2v) is 10.2. The van der Waals surface area contributed by atoms with Crippen molar-refractivity contribution in [3.63, 3.8) is 0 Å². The Morgan fingerprint density at radius 1 is 1.11 bits per heavy atom. The molecule has 3 rings (SSSR count). The van der Waals surface area contributed by atoms with Gasteiger partial charge in [0, 0.05) is 23.0 Å².